The molecule has 0 aliphatic carbocycles. The number of aliphatic carboxylic acids is 1. The fourth-order valence-corrected chi connectivity index (χ4v) is 1.40. The number of ether oxygens (including phenoxy) is 2. The molecule has 2 N–H and O–H groups in total. The van der Waals surface area contributed by atoms with Gasteiger partial charge in [-0.3, -0.25) is 4.79 Å². The molecule has 1 aliphatic heterocycles. The van der Waals surface area contributed by atoms with Crippen LogP contribution in [0.4, 0.5) is 5.69 Å². The van der Waals surface area contributed by atoms with Crippen molar-refractivity contribution < 1.29 is 24.2 Å². The molecule has 0 spiro atoms. The number of hydrogen-bond acceptors (Lipinski definition) is 5. The van der Waals surface area contributed by atoms with Crippen LogP contribution in [0.2, 0.25) is 0 Å². The van der Waals surface area contributed by atoms with Crippen LogP contribution in [-0.2, 0) is 19.1 Å². The van der Waals surface area contributed by atoms with Crippen molar-refractivity contribution in [2.75, 3.05) is 25.1 Å². The maximum Gasteiger partial charge on any atom is 0.333 e. The third-order valence-electron chi connectivity index (χ3n) is 2.73. The average Bonchev–Trinajstić information content (AvgIpc) is 3.28. The van der Waals surface area contributed by atoms with Gasteiger partial charge in [-0.15, -0.1) is 0 Å². The van der Waals surface area contributed by atoms with E-state index in [4.69, 9.17) is 14.6 Å². The van der Waals surface area contributed by atoms with Gasteiger partial charge in [0.15, 0.2) is 0 Å². The van der Waals surface area contributed by atoms with Gasteiger partial charge in [-0.25, -0.2) is 4.79 Å². The van der Waals surface area contributed by atoms with Gasteiger partial charge in [0.25, 0.3) is 0 Å². The van der Waals surface area contributed by atoms with Crippen LogP contribution in [0, 0.1) is 6.92 Å². The molecule has 2 rings (SSSR count). The molecular weight excluding hydrogens is 286 g/mol. The summed E-state index contributed by atoms with van der Waals surface area (Å²) >= 11 is 0. The number of carbonyl (C=O) groups is 2. The van der Waals surface area contributed by atoms with Gasteiger partial charge < -0.3 is 19.9 Å². The Balaban J connectivity index is 0.000000224. The second-order valence-corrected chi connectivity index (χ2v) is 4.90. The van der Waals surface area contributed by atoms with E-state index in [9.17, 15) is 9.59 Å². The summed E-state index contributed by atoms with van der Waals surface area (Å²) in [5, 5.41) is 11.2. The molecular formula is C16H21NO5. The Morgan fingerprint density at radius 2 is 2.09 bits per heavy atom. The molecule has 1 saturated heterocycles. The minimum atomic E-state index is -0.849. The van der Waals surface area contributed by atoms with Gasteiger partial charge in [0, 0.05) is 11.3 Å². The first-order valence-electron chi connectivity index (χ1n) is 6.85. The Kier molecular flexibility index (Phi) is 7.12. The Hall–Kier alpha value is -2.34. The molecule has 0 radical (unpaired) electrons. The molecule has 22 heavy (non-hydrogen) atoms. The molecule has 6 heteroatoms. The van der Waals surface area contributed by atoms with Crippen LogP contribution >= 0.6 is 0 Å². The number of para-hydroxylation sites is 1. The minimum Gasteiger partial charge on any atom is -0.480 e. The summed E-state index contributed by atoms with van der Waals surface area (Å²) in [7, 11) is 0. The lowest BCUT2D eigenvalue weighted by atomic mass is 10.2. The van der Waals surface area contributed by atoms with Gasteiger partial charge in [-0.2, -0.15) is 0 Å². The van der Waals surface area contributed by atoms with E-state index < -0.39 is 5.97 Å². The quantitative estimate of drug-likeness (QED) is 0.475. The van der Waals surface area contributed by atoms with Gasteiger partial charge in [0.05, 0.1) is 6.61 Å². The second kappa shape index (κ2) is 8.84. The van der Waals surface area contributed by atoms with Crippen LogP contribution in [0.5, 0.6) is 0 Å². The van der Waals surface area contributed by atoms with Crippen molar-refractivity contribution in [3.8, 4) is 0 Å². The molecule has 1 aromatic rings. The zero-order chi connectivity index (χ0) is 16.5. The van der Waals surface area contributed by atoms with Gasteiger partial charge in [0.2, 0.25) is 0 Å². The van der Waals surface area contributed by atoms with Crippen LogP contribution < -0.4 is 5.32 Å². The number of esters is 1. The number of aryl methyl sites for hydroxylation is 1. The fourth-order valence-electron chi connectivity index (χ4n) is 1.40. The number of benzene rings is 1. The third-order valence-corrected chi connectivity index (χ3v) is 2.73. The van der Waals surface area contributed by atoms with Crippen molar-refractivity contribution >= 4 is 17.6 Å². The number of carboxylic acid groups (broad SMARTS) is 1. The summed E-state index contributed by atoms with van der Waals surface area (Å²) < 4.78 is 9.60. The maximum absolute atomic E-state index is 10.7. The highest BCUT2D eigenvalue weighted by molar-refractivity contribution is 5.86. The smallest absolute Gasteiger partial charge is 0.333 e. The van der Waals surface area contributed by atoms with E-state index in [1.165, 1.54) is 0 Å². The first kappa shape index (κ1) is 17.7. The minimum absolute atomic E-state index is 0.0369. The highest BCUT2D eigenvalue weighted by atomic mass is 16.6. The first-order valence-corrected chi connectivity index (χ1v) is 6.85. The lowest BCUT2D eigenvalue weighted by Crippen LogP contribution is -2.12. The fraction of sp³-hybridized carbons (Fsp3) is 0.375. The lowest BCUT2D eigenvalue weighted by molar-refractivity contribution is -0.139. The Morgan fingerprint density at radius 3 is 2.59 bits per heavy atom. The average molecular weight is 307 g/mol. The van der Waals surface area contributed by atoms with Crippen molar-refractivity contribution in [3.05, 3.63) is 42.0 Å². The third kappa shape index (κ3) is 7.44. The zero-order valence-electron chi connectivity index (χ0n) is 12.8. The van der Waals surface area contributed by atoms with Gasteiger partial charge >= 0.3 is 11.9 Å². The van der Waals surface area contributed by atoms with E-state index >= 15 is 0 Å². The summed E-state index contributed by atoms with van der Waals surface area (Å²) in [6.45, 7) is 8.04. The highest BCUT2D eigenvalue weighted by Gasteiger charge is 2.24. The summed E-state index contributed by atoms with van der Waals surface area (Å²) in [6.07, 6.45) is 0.142. The number of nitrogens with one attached hydrogen (secondary N) is 1. The maximum atomic E-state index is 10.7. The van der Waals surface area contributed by atoms with Gasteiger partial charge in [-0.05, 0) is 25.5 Å². The molecule has 1 fully saturated rings. The SMILES string of the molecule is C=C(C)C(=O)OCC1CO1.Cc1ccccc1NCC(=O)O. The molecule has 0 saturated carbocycles. The van der Waals surface area contributed by atoms with Crippen molar-refractivity contribution in [2.45, 2.75) is 20.0 Å². The largest absolute Gasteiger partial charge is 0.480 e. The lowest BCUT2D eigenvalue weighted by Gasteiger charge is -2.05. The number of carboxylic acids is 1. The Labute approximate surface area is 129 Å². The molecule has 1 unspecified atom stereocenters. The molecule has 1 atom stereocenters. The number of epoxide rings is 1. The van der Waals surface area contributed by atoms with Crippen molar-refractivity contribution in [1.29, 1.82) is 0 Å². The second-order valence-electron chi connectivity index (χ2n) is 4.90. The monoisotopic (exact) mass is 307 g/mol. The summed E-state index contributed by atoms with van der Waals surface area (Å²) in [5.41, 5.74) is 2.36. The molecule has 1 aliphatic rings. The van der Waals surface area contributed by atoms with E-state index in [1.807, 2.05) is 31.2 Å². The van der Waals surface area contributed by atoms with Crippen molar-refractivity contribution in [1.82, 2.24) is 0 Å². The Bertz CT molecular complexity index is 537. The summed E-state index contributed by atoms with van der Waals surface area (Å²) in [4.78, 5) is 20.9. The van der Waals surface area contributed by atoms with Crippen LogP contribution in [0.1, 0.15) is 12.5 Å². The molecule has 0 bridgehead atoms. The van der Waals surface area contributed by atoms with E-state index in [0.29, 0.717) is 18.8 Å². The van der Waals surface area contributed by atoms with Crippen molar-refractivity contribution in [2.24, 2.45) is 0 Å². The van der Waals surface area contributed by atoms with Crippen LogP contribution in [-0.4, -0.2) is 42.9 Å². The predicted molar refractivity (Wildman–Crippen MR) is 82.8 cm³/mol. The zero-order valence-corrected chi connectivity index (χ0v) is 12.8. The Morgan fingerprint density at radius 1 is 1.45 bits per heavy atom. The molecule has 0 amide bonds. The van der Waals surface area contributed by atoms with Crippen LogP contribution in [0.25, 0.3) is 0 Å². The predicted octanol–water partition coefficient (Wildman–Crippen LogP) is 2.00. The highest BCUT2D eigenvalue weighted by Crippen LogP contribution is 2.12. The number of rotatable bonds is 6. The van der Waals surface area contributed by atoms with Crippen LogP contribution in [0.15, 0.2) is 36.4 Å². The molecule has 1 heterocycles. The van der Waals surface area contributed by atoms with Crippen molar-refractivity contribution in [3.63, 3.8) is 0 Å². The van der Waals surface area contributed by atoms with Gasteiger partial charge in [-0.1, -0.05) is 24.8 Å². The molecule has 0 aromatic heterocycles. The molecule has 120 valence electrons. The number of anilines is 1. The number of carbonyl (C=O) groups excluding carboxylic acids is 1. The van der Waals surface area contributed by atoms with E-state index in [-0.39, 0.29) is 18.6 Å². The molecule has 1 aromatic carbocycles. The van der Waals surface area contributed by atoms with E-state index in [2.05, 4.69) is 11.9 Å². The standard InChI is InChI=1S/C9H11NO2.C7H10O3/c1-7-4-2-3-5-8(7)10-6-9(11)12;1-5(2)7(8)10-4-6-3-9-6/h2-5,10H,6H2,1H3,(H,11,12);6H,1,3-4H2,2H3. The van der Waals surface area contributed by atoms with Crippen LogP contribution in [0.3, 0.4) is 0 Å². The normalized spacial score (nSPS) is 15.1. The topological polar surface area (TPSA) is 88.2 Å². The summed E-state index contributed by atoms with van der Waals surface area (Å²) in [5.74, 6) is -1.19. The van der Waals surface area contributed by atoms with E-state index in [1.54, 1.807) is 6.92 Å². The molecule has 6 nitrogen and oxygen atoms in total. The van der Waals surface area contributed by atoms with Gasteiger partial charge in [0.1, 0.15) is 19.3 Å². The summed E-state index contributed by atoms with van der Waals surface area (Å²) in [6, 6.07) is 7.58. The number of hydrogen-bond donors (Lipinski definition) is 2. The first-order chi connectivity index (χ1) is 10.4. The van der Waals surface area contributed by atoms with E-state index in [0.717, 1.165) is 11.3 Å².